The number of piperidine rings is 1. The molecule has 0 saturated carbocycles. The number of carbonyl (C=O) groups excluding carboxylic acids is 1. The third-order valence-electron chi connectivity index (χ3n) is 5.14. The molecule has 2 aromatic carbocycles. The maximum absolute atomic E-state index is 13.5. The van der Waals surface area contributed by atoms with Crippen molar-refractivity contribution < 1.29 is 18.4 Å². The SMILES string of the molecule is CCOc1ccc(SCC(=O)N2CCCC(c3nc(-c4cccc(F)c4)no3)C2)cc1. The van der Waals surface area contributed by atoms with Gasteiger partial charge in [0, 0.05) is 23.5 Å². The molecule has 4 rings (SSSR count). The minimum atomic E-state index is -0.344. The highest BCUT2D eigenvalue weighted by molar-refractivity contribution is 8.00. The summed E-state index contributed by atoms with van der Waals surface area (Å²) in [5.41, 5.74) is 0.575. The first-order chi connectivity index (χ1) is 15.1. The lowest BCUT2D eigenvalue weighted by Gasteiger charge is -2.31. The van der Waals surface area contributed by atoms with Gasteiger partial charge in [0.15, 0.2) is 0 Å². The van der Waals surface area contributed by atoms with Crippen LogP contribution in [0, 0.1) is 5.82 Å². The molecule has 162 valence electrons. The number of carbonyl (C=O) groups is 1. The fourth-order valence-electron chi connectivity index (χ4n) is 3.59. The monoisotopic (exact) mass is 441 g/mol. The fraction of sp³-hybridized carbons (Fsp3) is 0.348. The van der Waals surface area contributed by atoms with Gasteiger partial charge in [0.05, 0.1) is 18.3 Å². The summed E-state index contributed by atoms with van der Waals surface area (Å²) in [6, 6.07) is 13.9. The van der Waals surface area contributed by atoms with Gasteiger partial charge in [-0.05, 0) is 56.2 Å². The van der Waals surface area contributed by atoms with E-state index in [2.05, 4.69) is 10.1 Å². The van der Waals surface area contributed by atoms with E-state index in [1.165, 1.54) is 23.9 Å². The van der Waals surface area contributed by atoms with E-state index in [0.717, 1.165) is 30.0 Å². The van der Waals surface area contributed by atoms with Crippen LogP contribution < -0.4 is 4.74 Å². The molecule has 1 atom stereocenters. The second-order valence-electron chi connectivity index (χ2n) is 7.34. The summed E-state index contributed by atoms with van der Waals surface area (Å²) in [4.78, 5) is 20.1. The van der Waals surface area contributed by atoms with Crippen molar-refractivity contribution in [3.8, 4) is 17.1 Å². The first-order valence-electron chi connectivity index (χ1n) is 10.4. The van der Waals surface area contributed by atoms with E-state index in [9.17, 15) is 9.18 Å². The third kappa shape index (κ3) is 5.44. The van der Waals surface area contributed by atoms with E-state index in [0.29, 0.717) is 36.2 Å². The molecule has 31 heavy (non-hydrogen) atoms. The van der Waals surface area contributed by atoms with Gasteiger partial charge in [-0.2, -0.15) is 4.98 Å². The number of ether oxygens (including phenoxy) is 1. The van der Waals surface area contributed by atoms with Gasteiger partial charge in [-0.3, -0.25) is 4.79 Å². The Morgan fingerprint density at radius 3 is 2.90 bits per heavy atom. The zero-order valence-electron chi connectivity index (χ0n) is 17.3. The van der Waals surface area contributed by atoms with Crippen LogP contribution in [0.4, 0.5) is 4.39 Å². The van der Waals surface area contributed by atoms with Crippen LogP contribution in [-0.2, 0) is 4.79 Å². The van der Waals surface area contributed by atoms with Gasteiger partial charge in [0.1, 0.15) is 11.6 Å². The van der Waals surface area contributed by atoms with Crippen molar-refractivity contribution >= 4 is 17.7 Å². The molecule has 0 bridgehead atoms. The highest BCUT2D eigenvalue weighted by atomic mass is 32.2. The molecular weight excluding hydrogens is 417 g/mol. The van der Waals surface area contributed by atoms with E-state index in [4.69, 9.17) is 9.26 Å². The molecule has 1 aromatic heterocycles. The van der Waals surface area contributed by atoms with Crippen LogP contribution in [0.25, 0.3) is 11.4 Å². The zero-order valence-corrected chi connectivity index (χ0v) is 18.1. The molecule has 1 fully saturated rings. The fourth-order valence-corrected chi connectivity index (χ4v) is 4.39. The summed E-state index contributed by atoms with van der Waals surface area (Å²) in [5, 5.41) is 4.00. The maximum Gasteiger partial charge on any atom is 0.232 e. The largest absolute Gasteiger partial charge is 0.494 e. The molecule has 1 amide bonds. The minimum Gasteiger partial charge on any atom is -0.494 e. The molecular formula is C23H24FN3O3S. The van der Waals surface area contributed by atoms with Crippen LogP contribution in [-0.4, -0.2) is 46.4 Å². The Kier molecular flexibility index (Phi) is 6.86. The third-order valence-corrected chi connectivity index (χ3v) is 6.14. The van der Waals surface area contributed by atoms with Crippen LogP contribution >= 0.6 is 11.8 Å². The maximum atomic E-state index is 13.5. The summed E-state index contributed by atoms with van der Waals surface area (Å²) in [5.74, 6) is 1.80. The standard InChI is InChI=1S/C23H24FN3O3S/c1-2-29-19-8-10-20(11-9-19)31-15-21(28)27-12-4-6-17(14-27)23-25-22(26-30-23)16-5-3-7-18(24)13-16/h3,5,7-11,13,17H,2,4,6,12,14-15H2,1H3. The molecule has 0 radical (unpaired) electrons. The number of aromatic nitrogens is 2. The number of nitrogens with zero attached hydrogens (tertiary/aromatic N) is 3. The van der Waals surface area contributed by atoms with Gasteiger partial charge in [-0.1, -0.05) is 17.3 Å². The first-order valence-corrected chi connectivity index (χ1v) is 11.3. The van der Waals surface area contributed by atoms with Gasteiger partial charge in [0.2, 0.25) is 17.6 Å². The number of halogens is 1. The smallest absolute Gasteiger partial charge is 0.232 e. The number of amides is 1. The molecule has 1 unspecified atom stereocenters. The number of rotatable bonds is 7. The number of hydrogen-bond acceptors (Lipinski definition) is 6. The molecule has 1 aliphatic heterocycles. The molecule has 3 aromatic rings. The topological polar surface area (TPSA) is 68.5 Å². The van der Waals surface area contributed by atoms with E-state index < -0.39 is 0 Å². The van der Waals surface area contributed by atoms with E-state index in [1.54, 1.807) is 12.1 Å². The molecule has 1 saturated heterocycles. The Morgan fingerprint density at radius 2 is 2.13 bits per heavy atom. The summed E-state index contributed by atoms with van der Waals surface area (Å²) in [7, 11) is 0. The Bertz CT molecular complexity index is 1020. The Morgan fingerprint density at radius 1 is 1.29 bits per heavy atom. The summed E-state index contributed by atoms with van der Waals surface area (Å²) < 4.78 is 24.4. The molecule has 0 N–H and O–H groups in total. The highest BCUT2D eigenvalue weighted by Gasteiger charge is 2.28. The van der Waals surface area contributed by atoms with Gasteiger partial charge >= 0.3 is 0 Å². The van der Waals surface area contributed by atoms with E-state index in [-0.39, 0.29) is 17.6 Å². The van der Waals surface area contributed by atoms with Crippen LogP contribution in [0.15, 0.2) is 57.9 Å². The van der Waals surface area contributed by atoms with Crippen molar-refractivity contribution in [1.29, 1.82) is 0 Å². The average molecular weight is 442 g/mol. The van der Waals surface area contributed by atoms with E-state index >= 15 is 0 Å². The predicted octanol–water partition coefficient (Wildman–Crippen LogP) is 4.77. The van der Waals surface area contributed by atoms with Crippen molar-refractivity contribution in [2.24, 2.45) is 0 Å². The van der Waals surface area contributed by atoms with Gasteiger partial charge < -0.3 is 14.2 Å². The van der Waals surface area contributed by atoms with Crippen LogP contribution in [0.5, 0.6) is 5.75 Å². The van der Waals surface area contributed by atoms with Crippen molar-refractivity contribution in [2.45, 2.75) is 30.6 Å². The number of hydrogen-bond donors (Lipinski definition) is 0. The Hall–Kier alpha value is -2.87. The van der Waals surface area contributed by atoms with Gasteiger partial charge in [-0.25, -0.2) is 4.39 Å². The molecule has 2 heterocycles. The normalized spacial score (nSPS) is 16.3. The average Bonchev–Trinajstić information content (AvgIpc) is 3.29. The number of likely N-dealkylation sites (tertiary alicyclic amines) is 1. The lowest BCUT2D eigenvalue weighted by Crippen LogP contribution is -2.40. The van der Waals surface area contributed by atoms with E-state index in [1.807, 2.05) is 36.1 Å². The molecule has 0 aliphatic carbocycles. The second-order valence-corrected chi connectivity index (χ2v) is 8.39. The van der Waals surface area contributed by atoms with Crippen molar-refractivity contribution in [2.75, 3.05) is 25.4 Å². The Balaban J connectivity index is 1.34. The molecule has 1 aliphatic rings. The van der Waals surface area contributed by atoms with Crippen molar-refractivity contribution in [3.05, 3.63) is 60.2 Å². The second kappa shape index (κ2) is 9.96. The first kappa shape index (κ1) is 21.4. The summed E-state index contributed by atoms with van der Waals surface area (Å²) >= 11 is 1.52. The van der Waals surface area contributed by atoms with Gasteiger partial charge in [-0.15, -0.1) is 11.8 Å². The molecule has 6 nitrogen and oxygen atoms in total. The van der Waals surface area contributed by atoms with Crippen LogP contribution in [0.2, 0.25) is 0 Å². The lowest BCUT2D eigenvalue weighted by molar-refractivity contribution is -0.129. The quantitative estimate of drug-likeness (QED) is 0.492. The van der Waals surface area contributed by atoms with Crippen molar-refractivity contribution in [1.82, 2.24) is 15.0 Å². The number of thioether (sulfide) groups is 1. The summed E-state index contributed by atoms with van der Waals surface area (Å²) in [6.45, 7) is 3.85. The predicted molar refractivity (Wildman–Crippen MR) is 117 cm³/mol. The van der Waals surface area contributed by atoms with Crippen molar-refractivity contribution in [3.63, 3.8) is 0 Å². The highest BCUT2D eigenvalue weighted by Crippen LogP contribution is 2.29. The molecule has 0 spiro atoms. The van der Waals surface area contributed by atoms with Crippen LogP contribution in [0.1, 0.15) is 31.6 Å². The molecule has 8 heteroatoms. The van der Waals surface area contributed by atoms with Crippen LogP contribution in [0.3, 0.4) is 0 Å². The zero-order chi connectivity index (χ0) is 21.6. The minimum absolute atomic E-state index is 0.0111. The number of benzene rings is 2. The van der Waals surface area contributed by atoms with Gasteiger partial charge in [0.25, 0.3) is 0 Å². The Labute approximate surface area is 184 Å². The lowest BCUT2D eigenvalue weighted by atomic mass is 9.98. The summed E-state index contributed by atoms with van der Waals surface area (Å²) in [6.07, 6.45) is 1.75.